The van der Waals surface area contributed by atoms with Gasteiger partial charge in [-0.15, -0.1) is 4.43 Å². The fourth-order valence-electron chi connectivity index (χ4n) is 4.04. The van der Waals surface area contributed by atoms with Crippen molar-refractivity contribution < 1.29 is 9.53 Å². The van der Waals surface area contributed by atoms with E-state index in [1.807, 2.05) is 29.1 Å². The van der Waals surface area contributed by atoms with Crippen molar-refractivity contribution in [2.45, 2.75) is 6.92 Å². The van der Waals surface area contributed by atoms with E-state index in [0.29, 0.717) is 5.69 Å². The molecule has 7 heteroatoms. The summed E-state index contributed by atoms with van der Waals surface area (Å²) < 4.78 is 10.9. The first-order valence-electron chi connectivity index (χ1n) is 9.54. The van der Waals surface area contributed by atoms with E-state index in [1.165, 1.54) is 4.43 Å². The van der Waals surface area contributed by atoms with Crippen LogP contribution in [0, 0.1) is 0 Å². The fraction of sp³-hybridized carbons (Fsp3) is 0.238. The van der Waals surface area contributed by atoms with Crippen molar-refractivity contribution in [2.24, 2.45) is 0 Å². The number of carbonyl (C=O) groups excluding carboxylic acids is 1. The lowest BCUT2D eigenvalue weighted by molar-refractivity contribution is 0.101. The predicted octanol–water partition coefficient (Wildman–Crippen LogP) is 1.55. The molecule has 1 fully saturated rings. The van der Waals surface area contributed by atoms with Crippen LogP contribution in [-0.4, -0.2) is 62.2 Å². The fourth-order valence-corrected chi connectivity index (χ4v) is 4.58. The number of fused-ring (bicyclic) bond motifs is 2. The average Bonchev–Trinajstić information content (AvgIpc) is 3.32. The Bertz CT molecular complexity index is 1200. The van der Waals surface area contributed by atoms with E-state index in [-0.39, 0.29) is 5.78 Å². The first-order valence-corrected chi connectivity index (χ1v) is 10.5. The Kier molecular flexibility index (Phi) is 4.24. The zero-order chi connectivity index (χ0) is 19.3. The second-order valence-electron chi connectivity index (χ2n) is 7.31. The van der Waals surface area contributed by atoms with Crippen LogP contribution in [0.4, 0.5) is 5.69 Å². The SMILES string of the molecule is CC(=O)c1cc(-c2c[c]([AlH2])cc3nccn23)c2cc(N3CCOCC3)ccn12. The van der Waals surface area contributed by atoms with E-state index < -0.39 is 0 Å². The van der Waals surface area contributed by atoms with E-state index in [1.54, 1.807) is 6.92 Å². The van der Waals surface area contributed by atoms with Crippen LogP contribution in [0.2, 0.25) is 0 Å². The molecule has 0 saturated carbocycles. The Morgan fingerprint density at radius 1 is 1.11 bits per heavy atom. The summed E-state index contributed by atoms with van der Waals surface area (Å²) in [6, 6.07) is 10.6. The van der Waals surface area contributed by atoms with Gasteiger partial charge in [0.15, 0.2) is 5.78 Å². The van der Waals surface area contributed by atoms with Crippen molar-refractivity contribution in [3.05, 3.63) is 54.6 Å². The second-order valence-corrected chi connectivity index (χ2v) is 8.47. The molecule has 0 spiro atoms. The molecular weight excluding hydrogens is 367 g/mol. The molecule has 1 saturated heterocycles. The number of hydrogen-bond acceptors (Lipinski definition) is 4. The van der Waals surface area contributed by atoms with Gasteiger partial charge in [-0.3, -0.25) is 9.20 Å². The number of imidazole rings is 1. The number of ether oxygens (including phenoxy) is 1. The number of nitrogens with zero attached hydrogens (tertiary/aromatic N) is 4. The average molecular weight is 388 g/mol. The van der Waals surface area contributed by atoms with Gasteiger partial charge in [0.25, 0.3) is 16.3 Å². The van der Waals surface area contributed by atoms with Crippen LogP contribution in [0.15, 0.2) is 48.9 Å². The lowest BCUT2D eigenvalue weighted by Crippen LogP contribution is -2.36. The van der Waals surface area contributed by atoms with Gasteiger partial charge >= 0.3 is 0 Å². The van der Waals surface area contributed by atoms with Gasteiger partial charge in [-0.1, -0.05) is 6.07 Å². The normalized spacial score (nSPS) is 14.8. The largest absolute Gasteiger partial charge is 0.378 e. The molecule has 0 unspecified atom stereocenters. The highest BCUT2D eigenvalue weighted by Gasteiger charge is 2.18. The molecule has 140 valence electrons. The number of hydrogen-bond donors (Lipinski definition) is 0. The molecule has 0 aromatic carbocycles. The van der Waals surface area contributed by atoms with Crippen LogP contribution < -0.4 is 9.33 Å². The van der Waals surface area contributed by atoms with Gasteiger partial charge in [-0.25, -0.2) is 4.98 Å². The summed E-state index contributed by atoms with van der Waals surface area (Å²) in [6.45, 7) is 4.88. The number of carbonyl (C=O) groups is 1. The van der Waals surface area contributed by atoms with Crippen molar-refractivity contribution in [1.82, 2.24) is 13.8 Å². The summed E-state index contributed by atoms with van der Waals surface area (Å²) in [4.78, 5) is 19.1. The number of rotatable bonds is 3. The number of morpholine rings is 1. The van der Waals surface area contributed by atoms with Gasteiger partial charge in [-0.05, 0) is 24.3 Å². The molecule has 5 rings (SSSR count). The number of aromatic nitrogens is 3. The van der Waals surface area contributed by atoms with Gasteiger partial charge in [0, 0.05) is 49.9 Å². The van der Waals surface area contributed by atoms with Crippen molar-refractivity contribution in [3.63, 3.8) is 0 Å². The van der Waals surface area contributed by atoms with E-state index in [2.05, 4.69) is 38.6 Å². The Morgan fingerprint density at radius 3 is 2.71 bits per heavy atom. The molecule has 0 N–H and O–H groups in total. The molecule has 0 amide bonds. The molecule has 5 heterocycles. The maximum absolute atomic E-state index is 12.3. The Balaban J connectivity index is 1.77. The minimum absolute atomic E-state index is 0.0595. The Labute approximate surface area is 170 Å². The number of ketones is 1. The van der Waals surface area contributed by atoms with Gasteiger partial charge < -0.3 is 14.0 Å². The molecule has 4 aromatic heterocycles. The molecule has 0 aliphatic carbocycles. The van der Waals surface area contributed by atoms with E-state index in [9.17, 15) is 4.79 Å². The zero-order valence-electron chi connectivity index (χ0n) is 16.1. The summed E-state index contributed by atoms with van der Waals surface area (Å²) in [6.07, 6.45) is 5.81. The molecule has 28 heavy (non-hydrogen) atoms. The monoisotopic (exact) mass is 388 g/mol. The summed E-state index contributed by atoms with van der Waals surface area (Å²) in [5.41, 5.74) is 5.97. The topological polar surface area (TPSA) is 51.2 Å². The molecule has 0 radical (unpaired) electrons. The van der Waals surface area contributed by atoms with Gasteiger partial charge in [-0.2, -0.15) is 0 Å². The van der Waals surface area contributed by atoms with Crippen LogP contribution in [0.5, 0.6) is 0 Å². The highest BCUT2D eigenvalue weighted by Crippen LogP contribution is 2.31. The third-order valence-electron chi connectivity index (χ3n) is 5.42. The highest BCUT2D eigenvalue weighted by atomic mass is 27.0. The molecule has 4 aromatic rings. The molecule has 0 atom stereocenters. The summed E-state index contributed by atoms with van der Waals surface area (Å²) in [5.74, 6) is 0.0595. The number of pyridine rings is 2. The van der Waals surface area contributed by atoms with E-state index >= 15 is 0 Å². The number of Topliss-reactive ketones (excluding diaryl/α,β-unsaturated/α-hetero) is 1. The minimum atomic E-state index is 0.0595. The quantitative estimate of drug-likeness (QED) is 0.395. The van der Waals surface area contributed by atoms with E-state index in [0.717, 1.165) is 70.7 Å². The van der Waals surface area contributed by atoms with Gasteiger partial charge in [0.05, 0.1) is 30.1 Å². The summed E-state index contributed by atoms with van der Waals surface area (Å²) in [5, 5.41) is 0. The molecule has 6 nitrogen and oxygen atoms in total. The van der Waals surface area contributed by atoms with Crippen LogP contribution in [-0.2, 0) is 4.74 Å². The van der Waals surface area contributed by atoms with Crippen LogP contribution in [0.1, 0.15) is 17.4 Å². The molecule has 1 aliphatic heterocycles. The first kappa shape index (κ1) is 17.5. The summed E-state index contributed by atoms with van der Waals surface area (Å²) >= 11 is 0.944. The van der Waals surface area contributed by atoms with Crippen molar-refractivity contribution in [3.8, 4) is 11.3 Å². The second kappa shape index (κ2) is 6.78. The third kappa shape index (κ3) is 2.83. The molecule has 0 bridgehead atoms. The van der Waals surface area contributed by atoms with Gasteiger partial charge in [0.2, 0.25) is 0 Å². The lowest BCUT2D eigenvalue weighted by Gasteiger charge is -2.29. The molecule has 1 aliphatic rings. The van der Waals surface area contributed by atoms with Crippen LogP contribution in [0.25, 0.3) is 22.4 Å². The number of anilines is 1. The highest BCUT2D eigenvalue weighted by molar-refractivity contribution is 6.33. The van der Waals surface area contributed by atoms with E-state index in [4.69, 9.17) is 4.74 Å². The predicted molar refractivity (Wildman–Crippen MR) is 113 cm³/mol. The third-order valence-corrected chi connectivity index (χ3v) is 6.00. The van der Waals surface area contributed by atoms with Crippen LogP contribution in [0.3, 0.4) is 0 Å². The first-order chi connectivity index (χ1) is 13.6. The Hall–Kier alpha value is -2.59. The van der Waals surface area contributed by atoms with Crippen molar-refractivity contribution in [2.75, 3.05) is 31.2 Å². The standard InChI is InChI=1S/C21H19N4O2.Al.2H/c1-15(26)19-14-17(18-3-2-4-21-22-6-8-25(18)21)20-13-16(5-7-24(19)20)23-9-11-27-12-10-23;;;/h3-8,13-14H,9-12H2,1H3;;;. The lowest BCUT2D eigenvalue weighted by atomic mass is 10.1. The van der Waals surface area contributed by atoms with Crippen molar-refractivity contribution >= 4 is 43.4 Å². The Morgan fingerprint density at radius 2 is 1.93 bits per heavy atom. The molecular formula is C21H21AlN4O2. The maximum Gasteiger partial charge on any atom is 0.259 e. The smallest absolute Gasteiger partial charge is 0.259 e. The van der Waals surface area contributed by atoms with Crippen LogP contribution >= 0.6 is 0 Å². The van der Waals surface area contributed by atoms with Crippen molar-refractivity contribution in [1.29, 1.82) is 0 Å². The zero-order valence-corrected chi connectivity index (χ0v) is 18.1. The van der Waals surface area contributed by atoms with Gasteiger partial charge in [0.1, 0.15) is 5.65 Å². The summed E-state index contributed by atoms with van der Waals surface area (Å²) in [7, 11) is 0. The maximum atomic E-state index is 12.3. The minimum Gasteiger partial charge on any atom is -0.378 e.